The largest absolute Gasteiger partial charge is 0.436 e. The highest BCUT2D eigenvalue weighted by Gasteiger charge is 2.23. The van der Waals surface area contributed by atoms with E-state index in [0.717, 1.165) is 161 Å². The summed E-state index contributed by atoms with van der Waals surface area (Å²) in [6.45, 7) is 0. The average Bonchev–Trinajstić information content (AvgIpc) is 1.58. The van der Waals surface area contributed by atoms with Gasteiger partial charge in [-0.1, -0.05) is 133 Å². The van der Waals surface area contributed by atoms with Gasteiger partial charge in [-0.25, -0.2) is 39.9 Å². The molecule has 0 N–H and O–H groups in total. The van der Waals surface area contributed by atoms with E-state index in [1.807, 2.05) is 134 Å². The SMILES string of the molecule is c1ccc(-c2cnc(-c3ccc(-n4c5ccc(-c6nc7ccccc7o6)cc5c5cc(-c6nc7cccc(-c8ccc9oc(-c%10ccc%11c(c%10)c%10cc(-c%12nc%13ccccc%13o%12)ccc%10n%11-c%10ccc(-c%11nc(-c%12ccccc%12)cc(-c%12ccccc%12)n%11)cc%10)nc9c8)c7o6)ccc54)cc3)nc2)cc1. The first-order valence-electron chi connectivity index (χ1n) is 34.2. The Labute approximate surface area is 591 Å². The number of hydrogen-bond donors (Lipinski definition) is 0. The zero-order chi connectivity index (χ0) is 68.3. The van der Waals surface area contributed by atoms with Crippen LogP contribution in [0, 0.1) is 0 Å². The van der Waals surface area contributed by atoms with Crippen LogP contribution in [0.4, 0.5) is 0 Å². The second-order valence-electron chi connectivity index (χ2n) is 25.9. The Kier molecular flexibility index (Phi) is 13.3. The maximum atomic E-state index is 6.90. The molecule has 8 heterocycles. The van der Waals surface area contributed by atoms with Crippen molar-refractivity contribution in [1.29, 1.82) is 0 Å². The Morgan fingerprint density at radius 2 is 0.615 bits per heavy atom. The van der Waals surface area contributed by atoms with Crippen LogP contribution in [0.2, 0.25) is 0 Å². The lowest BCUT2D eigenvalue weighted by atomic mass is 10.0. The van der Waals surface area contributed by atoms with Gasteiger partial charge in [-0.05, 0) is 181 Å². The fourth-order valence-corrected chi connectivity index (χ4v) is 14.5. The van der Waals surface area contributed by atoms with Crippen molar-refractivity contribution in [2.45, 2.75) is 0 Å². The summed E-state index contributed by atoms with van der Waals surface area (Å²) in [5.74, 6) is 3.35. The lowest BCUT2D eigenvalue weighted by molar-refractivity contribution is 0.619. The number of nitrogens with zero attached hydrogens (tertiary/aromatic N) is 10. The molecule has 0 aliphatic heterocycles. The van der Waals surface area contributed by atoms with Crippen molar-refractivity contribution in [3.8, 4) is 125 Å². The summed E-state index contributed by atoms with van der Waals surface area (Å²) < 4.78 is 30.8. The summed E-state index contributed by atoms with van der Waals surface area (Å²) in [6.07, 6.45) is 3.75. The van der Waals surface area contributed by atoms with Gasteiger partial charge in [-0.3, -0.25) is 0 Å². The van der Waals surface area contributed by atoms with E-state index in [9.17, 15) is 0 Å². The quantitative estimate of drug-likeness (QED) is 0.114. The number of benzene rings is 13. The summed E-state index contributed by atoms with van der Waals surface area (Å²) in [5.41, 5.74) is 24.4. The first-order chi connectivity index (χ1) is 51.4. The fourth-order valence-electron chi connectivity index (χ4n) is 14.5. The maximum Gasteiger partial charge on any atom is 0.227 e. The van der Waals surface area contributed by atoms with Crippen molar-refractivity contribution >= 4 is 88.0 Å². The molecule has 13 aromatic carbocycles. The van der Waals surface area contributed by atoms with Crippen molar-refractivity contribution in [2.75, 3.05) is 0 Å². The fraction of sp³-hybridized carbons (Fsp3) is 0. The Hall–Kier alpha value is -14.5. The number of rotatable bonds is 12. The van der Waals surface area contributed by atoms with Crippen LogP contribution in [0.1, 0.15) is 0 Å². The van der Waals surface area contributed by atoms with Crippen LogP contribution in [0.3, 0.4) is 0 Å². The number of fused-ring (bicyclic) bond motifs is 10. The van der Waals surface area contributed by atoms with Gasteiger partial charge < -0.3 is 26.8 Å². The molecule has 0 atom stereocenters. The molecule has 0 amide bonds. The first kappa shape index (κ1) is 58.5. The standard InChI is InChI=1S/C90H52N10O4/c1-4-15-53(16-5-1)63-51-91-85(92-52-63)56-27-36-64(37-28-56)99-78-41-32-60(88-96-72-23-11-13-26-82(72)102-88)46-68(78)70-48-62(34-43-80(70)99)90-97-73-24-14-21-66(84(73)104-90)58-35-44-83-76(49-58)98-89(103-83)61-33-42-79-69(47-61)67-45-59(87-95-71-22-10-12-25-81(71)101-87)31-40-77(67)100(79)65-38-29-57(30-39-65)86-93-74(54-17-6-2-7-18-54)50-75(94-86)55-19-8-3-9-20-55/h1-52H. The molecule has 0 aliphatic rings. The Morgan fingerprint density at radius 1 is 0.231 bits per heavy atom. The van der Waals surface area contributed by atoms with E-state index in [0.29, 0.717) is 51.9 Å². The van der Waals surface area contributed by atoms with E-state index in [1.165, 1.54) is 0 Å². The molecule has 8 aromatic heterocycles. The second kappa shape index (κ2) is 23.6. The van der Waals surface area contributed by atoms with E-state index in [1.54, 1.807) is 0 Å². The first-order valence-corrected chi connectivity index (χ1v) is 34.2. The molecular formula is C90H52N10O4. The topological polar surface area (TPSA) is 166 Å². The van der Waals surface area contributed by atoms with Crippen molar-refractivity contribution in [3.63, 3.8) is 0 Å². The summed E-state index contributed by atoms with van der Waals surface area (Å²) in [5, 5.41) is 4.02. The van der Waals surface area contributed by atoms with Gasteiger partial charge in [-0.15, -0.1) is 0 Å². The van der Waals surface area contributed by atoms with E-state index in [-0.39, 0.29) is 0 Å². The molecular weight excluding hydrogens is 1290 g/mol. The number of aromatic nitrogens is 10. The van der Waals surface area contributed by atoms with Crippen molar-refractivity contribution < 1.29 is 17.7 Å². The van der Waals surface area contributed by atoms with Crippen LogP contribution in [0.15, 0.2) is 333 Å². The monoisotopic (exact) mass is 1340 g/mol. The third kappa shape index (κ3) is 9.95. The van der Waals surface area contributed by atoms with Crippen molar-refractivity contribution in [3.05, 3.63) is 316 Å². The minimum atomic E-state index is 0.488. The summed E-state index contributed by atoms with van der Waals surface area (Å²) >= 11 is 0. The lowest BCUT2D eigenvalue weighted by Gasteiger charge is -2.11. The molecule has 104 heavy (non-hydrogen) atoms. The molecule has 21 aromatic rings. The van der Waals surface area contributed by atoms with Crippen LogP contribution < -0.4 is 0 Å². The molecule has 0 aliphatic carbocycles. The number of hydrogen-bond acceptors (Lipinski definition) is 12. The smallest absolute Gasteiger partial charge is 0.227 e. The molecule has 0 unspecified atom stereocenters. The Balaban J connectivity index is 0.627. The van der Waals surface area contributed by atoms with E-state index in [2.05, 4.69) is 191 Å². The van der Waals surface area contributed by atoms with Crippen LogP contribution in [-0.4, -0.2) is 49.0 Å². The highest BCUT2D eigenvalue weighted by Crippen LogP contribution is 2.43. The van der Waals surface area contributed by atoms with Crippen molar-refractivity contribution in [2.24, 2.45) is 0 Å². The minimum Gasteiger partial charge on any atom is -0.436 e. The highest BCUT2D eigenvalue weighted by atomic mass is 16.4. The Morgan fingerprint density at radius 3 is 1.10 bits per heavy atom. The molecule has 0 saturated carbocycles. The van der Waals surface area contributed by atoms with Crippen LogP contribution in [0.5, 0.6) is 0 Å². The normalized spacial score (nSPS) is 11.8. The predicted octanol–water partition coefficient (Wildman–Crippen LogP) is 22.7. The van der Waals surface area contributed by atoms with Gasteiger partial charge in [0, 0.05) is 101 Å². The molecule has 0 saturated heterocycles. The Bertz CT molecular complexity index is 6830. The molecule has 0 fully saturated rings. The molecule has 0 spiro atoms. The molecule has 14 heteroatoms. The number of oxazole rings is 4. The van der Waals surface area contributed by atoms with Gasteiger partial charge in [0.25, 0.3) is 0 Å². The molecule has 486 valence electrons. The van der Waals surface area contributed by atoms with Crippen LogP contribution in [-0.2, 0) is 0 Å². The molecule has 0 radical (unpaired) electrons. The highest BCUT2D eigenvalue weighted by molar-refractivity contribution is 6.13. The summed E-state index contributed by atoms with van der Waals surface area (Å²) in [7, 11) is 0. The minimum absolute atomic E-state index is 0.488. The molecule has 21 rings (SSSR count). The van der Waals surface area contributed by atoms with E-state index >= 15 is 0 Å². The van der Waals surface area contributed by atoms with Gasteiger partial charge in [0.15, 0.2) is 34.0 Å². The van der Waals surface area contributed by atoms with Gasteiger partial charge >= 0.3 is 0 Å². The van der Waals surface area contributed by atoms with E-state index in [4.69, 9.17) is 57.5 Å². The second-order valence-corrected chi connectivity index (χ2v) is 25.9. The summed E-state index contributed by atoms with van der Waals surface area (Å²) in [6, 6.07) is 103. The molecule has 0 bridgehead atoms. The van der Waals surface area contributed by atoms with Gasteiger partial charge in [-0.2, -0.15) is 0 Å². The predicted molar refractivity (Wildman–Crippen MR) is 411 cm³/mol. The third-order valence-corrected chi connectivity index (χ3v) is 19.6. The molecule has 14 nitrogen and oxygen atoms in total. The lowest BCUT2D eigenvalue weighted by Crippen LogP contribution is -1.97. The van der Waals surface area contributed by atoms with Crippen LogP contribution in [0.25, 0.3) is 213 Å². The average molecular weight is 1340 g/mol. The third-order valence-electron chi connectivity index (χ3n) is 19.6. The van der Waals surface area contributed by atoms with Gasteiger partial charge in [0.2, 0.25) is 23.6 Å². The van der Waals surface area contributed by atoms with Crippen molar-refractivity contribution in [1.82, 2.24) is 49.0 Å². The number of para-hydroxylation sites is 5. The van der Waals surface area contributed by atoms with Crippen LogP contribution >= 0.6 is 0 Å². The summed E-state index contributed by atoms with van der Waals surface area (Å²) in [4.78, 5) is 39.9. The zero-order valence-corrected chi connectivity index (χ0v) is 55.1. The zero-order valence-electron chi connectivity index (χ0n) is 55.1. The van der Waals surface area contributed by atoms with E-state index < -0.39 is 0 Å². The van der Waals surface area contributed by atoms with Gasteiger partial charge in [0.05, 0.1) is 33.5 Å². The maximum absolute atomic E-state index is 6.90. The van der Waals surface area contributed by atoms with Gasteiger partial charge in [0.1, 0.15) is 22.1 Å².